The molecule has 0 aliphatic heterocycles. The zero-order valence-electron chi connectivity index (χ0n) is 18.7. The highest BCUT2D eigenvalue weighted by atomic mass is 35.5. The van der Waals surface area contributed by atoms with Gasteiger partial charge < -0.3 is 0 Å². The van der Waals surface area contributed by atoms with Crippen LogP contribution in [0.2, 0.25) is 5.02 Å². The molecule has 0 aliphatic carbocycles. The molecular formula is C30H22ClN3. The minimum atomic E-state index is 0.710. The van der Waals surface area contributed by atoms with Crippen molar-refractivity contribution in [2.45, 2.75) is 6.92 Å². The number of hydrogen-bond donors (Lipinski definition) is 0. The number of rotatable bonds is 4. The summed E-state index contributed by atoms with van der Waals surface area (Å²) in [5.41, 5.74) is 8.69. The number of aromatic nitrogens is 3. The molecule has 0 spiro atoms. The lowest BCUT2D eigenvalue weighted by Crippen LogP contribution is -1.98. The van der Waals surface area contributed by atoms with E-state index < -0.39 is 0 Å². The molecule has 0 bridgehead atoms. The third-order valence-corrected chi connectivity index (χ3v) is 6.36. The van der Waals surface area contributed by atoms with Crippen LogP contribution < -0.4 is 0 Å². The molecule has 2 aromatic heterocycles. The molecule has 3 nitrogen and oxygen atoms in total. The van der Waals surface area contributed by atoms with Crippen LogP contribution in [0.4, 0.5) is 0 Å². The van der Waals surface area contributed by atoms with Crippen molar-refractivity contribution in [3.05, 3.63) is 126 Å². The summed E-state index contributed by atoms with van der Waals surface area (Å²) in [4.78, 5) is 5.21. The van der Waals surface area contributed by atoms with Gasteiger partial charge in [-0.2, -0.15) is 0 Å². The minimum Gasteiger partial charge on any atom is -0.282 e. The first-order valence-corrected chi connectivity index (χ1v) is 11.6. The molecule has 0 saturated carbocycles. The maximum absolute atomic E-state index is 6.22. The first kappa shape index (κ1) is 20.5. The molecule has 0 saturated heterocycles. The van der Waals surface area contributed by atoms with Crippen molar-refractivity contribution in [3.8, 4) is 39.5 Å². The topological polar surface area (TPSA) is 22.2 Å². The summed E-state index contributed by atoms with van der Waals surface area (Å²) >= 11 is 6.22. The van der Waals surface area contributed by atoms with Crippen molar-refractivity contribution >= 4 is 17.4 Å². The molecule has 0 atom stereocenters. The molecule has 0 fully saturated rings. The lowest BCUT2D eigenvalue weighted by molar-refractivity contribution is 1.08. The summed E-state index contributed by atoms with van der Waals surface area (Å²) in [6, 6.07) is 37.4. The molecule has 2 heterocycles. The minimum absolute atomic E-state index is 0.710. The van der Waals surface area contributed by atoms with Gasteiger partial charge in [-0.3, -0.25) is 8.97 Å². The van der Waals surface area contributed by atoms with Crippen LogP contribution >= 0.6 is 11.6 Å². The van der Waals surface area contributed by atoms with Gasteiger partial charge in [-0.1, -0.05) is 102 Å². The molecule has 34 heavy (non-hydrogen) atoms. The highest BCUT2D eigenvalue weighted by Gasteiger charge is 2.22. The smallest absolute Gasteiger partial charge is 0.220 e. The average Bonchev–Trinajstić information content (AvgIpc) is 3.43. The molecule has 0 aliphatic rings. The summed E-state index contributed by atoms with van der Waals surface area (Å²) in [6.45, 7) is 2.11. The van der Waals surface area contributed by atoms with Crippen LogP contribution in [0.3, 0.4) is 0 Å². The normalized spacial score (nSPS) is 11.2. The summed E-state index contributed by atoms with van der Waals surface area (Å²) in [5, 5.41) is 0.710. The van der Waals surface area contributed by atoms with E-state index in [1.165, 1.54) is 5.56 Å². The van der Waals surface area contributed by atoms with Gasteiger partial charge >= 0.3 is 0 Å². The molecule has 4 aromatic carbocycles. The highest BCUT2D eigenvalue weighted by Crippen LogP contribution is 2.37. The zero-order chi connectivity index (χ0) is 23.1. The lowest BCUT2D eigenvalue weighted by Gasteiger charge is -2.10. The van der Waals surface area contributed by atoms with E-state index in [9.17, 15) is 0 Å². The Morgan fingerprint density at radius 1 is 0.647 bits per heavy atom. The van der Waals surface area contributed by atoms with Crippen LogP contribution in [0, 0.1) is 6.92 Å². The number of fused-ring (bicyclic) bond motifs is 1. The first-order valence-electron chi connectivity index (χ1n) is 11.3. The Labute approximate surface area is 203 Å². The lowest BCUT2D eigenvalue weighted by atomic mass is 10.0. The van der Waals surface area contributed by atoms with E-state index in [1.54, 1.807) is 0 Å². The highest BCUT2D eigenvalue weighted by molar-refractivity contribution is 6.30. The Bertz CT molecular complexity index is 1580. The van der Waals surface area contributed by atoms with Crippen LogP contribution in [0.5, 0.6) is 0 Å². The van der Waals surface area contributed by atoms with Crippen molar-refractivity contribution < 1.29 is 0 Å². The Morgan fingerprint density at radius 2 is 1.26 bits per heavy atom. The Balaban J connectivity index is 1.71. The van der Waals surface area contributed by atoms with E-state index in [4.69, 9.17) is 16.6 Å². The monoisotopic (exact) mass is 459 g/mol. The van der Waals surface area contributed by atoms with E-state index in [0.717, 1.165) is 45.2 Å². The van der Waals surface area contributed by atoms with Crippen molar-refractivity contribution in [2.24, 2.45) is 0 Å². The number of nitrogens with zero attached hydrogens (tertiary/aromatic N) is 3. The Hall–Kier alpha value is -4.08. The quantitative estimate of drug-likeness (QED) is 0.261. The molecule has 0 radical (unpaired) electrons. The second-order valence-electron chi connectivity index (χ2n) is 8.40. The number of imidazole rings is 2. The van der Waals surface area contributed by atoms with Gasteiger partial charge in [-0.05, 0) is 31.2 Å². The summed E-state index contributed by atoms with van der Waals surface area (Å²) in [5.74, 6) is 0.857. The summed E-state index contributed by atoms with van der Waals surface area (Å²) in [6.07, 6.45) is 2.19. The maximum Gasteiger partial charge on any atom is 0.220 e. The largest absolute Gasteiger partial charge is 0.282 e. The zero-order valence-corrected chi connectivity index (χ0v) is 19.4. The van der Waals surface area contributed by atoms with Crippen molar-refractivity contribution in [1.82, 2.24) is 14.0 Å². The molecule has 164 valence electrons. The molecular weight excluding hydrogens is 438 g/mol. The molecule has 6 aromatic rings. The maximum atomic E-state index is 6.22. The van der Waals surface area contributed by atoms with Crippen molar-refractivity contribution in [1.29, 1.82) is 0 Å². The predicted molar refractivity (Wildman–Crippen MR) is 141 cm³/mol. The van der Waals surface area contributed by atoms with E-state index >= 15 is 0 Å². The molecule has 6 rings (SSSR count). The fourth-order valence-electron chi connectivity index (χ4n) is 4.43. The van der Waals surface area contributed by atoms with Crippen LogP contribution in [0.15, 0.2) is 115 Å². The van der Waals surface area contributed by atoms with Gasteiger partial charge in [-0.25, -0.2) is 4.98 Å². The van der Waals surface area contributed by atoms with Crippen LogP contribution in [-0.2, 0) is 0 Å². The van der Waals surface area contributed by atoms with E-state index in [2.05, 4.69) is 94.9 Å². The molecule has 4 heteroatoms. The third kappa shape index (κ3) is 3.51. The van der Waals surface area contributed by atoms with E-state index in [-0.39, 0.29) is 0 Å². The molecule has 0 unspecified atom stereocenters. The second-order valence-corrected chi connectivity index (χ2v) is 8.84. The van der Waals surface area contributed by atoms with Gasteiger partial charge in [0, 0.05) is 33.6 Å². The van der Waals surface area contributed by atoms with Crippen molar-refractivity contribution in [3.63, 3.8) is 0 Å². The molecule has 0 N–H and O–H groups in total. The van der Waals surface area contributed by atoms with Gasteiger partial charge in [0.2, 0.25) is 5.78 Å². The van der Waals surface area contributed by atoms with Gasteiger partial charge in [0.25, 0.3) is 0 Å². The average molecular weight is 460 g/mol. The Morgan fingerprint density at radius 3 is 1.91 bits per heavy atom. The van der Waals surface area contributed by atoms with Gasteiger partial charge in [-0.15, -0.1) is 0 Å². The standard InChI is InChI=1S/C30H22ClN3/c1-21-12-14-22(15-13-21)27-20-33-29(24-10-6-3-7-11-24)28(23-8-4-2-5-9-23)32-30(33)34(27)26-18-16-25(31)17-19-26/h2-20H,1H3. The number of hydrogen-bond acceptors (Lipinski definition) is 1. The number of benzene rings is 4. The summed E-state index contributed by atoms with van der Waals surface area (Å²) in [7, 11) is 0. The van der Waals surface area contributed by atoms with Crippen molar-refractivity contribution in [2.75, 3.05) is 0 Å². The van der Waals surface area contributed by atoms with Gasteiger partial charge in [0.1, 0.15) is 0 Å². The second kappa shape index (κ2) is 8.36. The predicted octanol–water partition coefficient (Wildman–Crippen LogP) is 8.09. The SMILES string of the molecule is Cc1ccc(-c2cn3c(-c4ccccc4)c(-c4ccccc4)nc3n2-c2ccc(Cl)cc2)cc1. The Kier molecular flexibility index (Phi) is 5.05. The molecule has 0 amide bonds. The third-order valence-electron chi connectivity index (χ3n) is 6.11. The van der Waals surface area contributed by atoms with Gasteiger partial charge in [0.05, 0.1) is 17.1 Å². The van der Waals surface area contributed by atoms with Crippen LogP contribution in [0.25, 0.3) is 45.2 Å². The summed E-state index contributed by atoms with van der Waals surface area (Å²) < 4.78 is 4.42. The van der Waals surface area contributed by atoms with Crippen LogP contribution in [0.1, 0.15) is 5.56 Å². The fourth-order valence-corrected chi connectivity index (χ4v) is 4.56. The number of aryl methyl sites for hydroxylation is 1. The van der Waals surface area contributed by atoms with E-state index in [1.807, 2.05) is 36.4 Å². The fraction of sp³-hybridized carbons (Fsp3) is 0.0333. The van der Waals surface area contributed by atoms with Gasteiger partial charge in [0.15, 0.2) is 0 Å². The number of halogens is 1. The van der Waals surface area contributed by atoms with E-state index in [0.29, 0.717) is 5.02 Å². The first-order chi connectivity index (χ1) is 16.7. The van der Waals surface area contributed by atoms with Crippen LogP contribution in [-0.4, -0.2) is 14.0 Å².